The van der Waals surface area contributed by atoms with Gasteiger partial charge in [0.2, 0.25) is 5.89 Å². The zero-order valence-electron chi connectivity index (χ0n) is 15.5. The van der Waals surface area contributed by atoms with Gasteiger partial charge >= 0.3 is 0 Å². The van der Waals surface area contributed by atoms with Crippen molar-refractivity contribution in [3.05, 3.63) is 41.5 Å². The van der Waals surface area contributed by atoms with Crippen molar-refractivity contribution in [1.82, 2.24) is 20.4 Å². The highest BCUT2D eigenvalue weighted by atomic mass is 16.5. The Morgan fingerprint density at radius 1 is 1.24 bits per heavy atom. The zero-order valence-corrected chi connectivity index (χ0v) is 15.5. The van der Waals surface area contributed by atoms with E-state index in [2.05, 4.69) is 63.4 Å². The van der Waals surface area contributed by atoms with E-state index in [0.29, 0.717) is 6.04 Å². The molecule has 0 aliphatic carbocycles. The Kier molecular flexibility index (Phi) is 6.04. The molecule has 2 heterocycles. The Bertz CT molecular complexity index is 663. The van der Waals surface area contributed by atoms with Gasteiger partial charge in [-0.2, -0.15) is 4.98 Å². The Balaban J connectivity index is 1.43. The van der Waals surface area contributed by atoms with E-state index in [1.54, 1.807) is 0 Å². The van der Waals surface area contributed by atoms with Crippen LogP contribution in [0.25, 0.3) is 0 Å². The molecule has 1 aromatic heterocycles. The number of piperazine rings is 1. The van der Waals surface area contributed by atoms with Crippen LogP contribution in [-0.4, -0.2) is 60.9 Å². The molecule has 0 saturated carbocycles. The maximum Gasteiger partial charge on any atom is 0.227 e. The summed E-state index contributed by atoms with van der Waals surface area (Å²) in [6.07, 6.45) is 1.63. The average Bonchev–Trinajstić information content (AvgIpc) is 3.07. The molecule has 1 unspecified atom stereocenters. The number of nitrogens with one attached hydrogen (secondary N) is 1. The van der Waals surface area contributed by atoms with Gasteiger partial charge in [-0.1, -0.05) is 17.3 Å². The van der Waals surface area contributed by atoms with Gasteiger partial charge in [0.15, 0.2) is 5.82 Å². The van der Waals surface area contributed by atoms with Crippen LogP contribution in [0.4, 0.5) is 5.69 Å². The first-order chi connectivity index (χ1) is 12.1. The Hall–Kier alpha value is -1.92. The van der Waals surface area contributed by atoms with Gasteiger partial charge in [0.25, 0.3) is 0 Å². The van der Waals surface area contributed by atoms with E-state index >= 15 is 0 Å². The molecule has 136 valence electrons. The molecule has 0 amide bonds. The van der Waals surface area contributed by atoms with Crippen LogP contribution in [0.1, 0.15) is 24.2 Å². The van der Waals surface area contributed by atoms with Gasteiger partial charge in [-0.05, 0) is 38.6 Å². The number of likely N-dealkylation sites (N-methyl/N-ethyl adjacent to an activating group) is 1. The van der Waals surface area contributed by atoms with Crippen molar-refractivity contribution in [3.63, 3.8) is 0 Å². The molecule has 6 nitrogen and oxygen atoms in total. The maximum absolute atomic E-state index is 5.38. The topological polar surface area (TPSA) is 57.4 Å². The molecule has 6 heteroatoms. The molecule has 1 aliphatic rings. The summed E-state index contributed by atoms with van der Waals surface area (Å²) < 4.78 is 5.38. The summed E-state index contributed by atoms with van der Waals surface area (Å²) >= 11 is 0. The second-order valence-electron chi connectivity index (χ2n) is 6.92. The fourth-order valence-electron chi connectivity index (χ4n) is 3.16. The second kappa shape index (κ2) is 8.45. The minimum atomic E-state index is 0.361. The average molecular weight is 343 g/mol. The number of benzene rings is 1. The first kappa shape index (κ1) is 17.9. The minimum absolute atomic E-state index is 0.361. The first-order valence-electron chi connectivity index (χ1n) is 9.17. The van der Waals surface area contributed by atoms with E-state index in [9.17, 15) is 0 Å². The third-order valence-corrected chi connectivity index (χ3v) is 4.87. The lowest BCUT2D eigenvalue weighted by Gasteiger charge is -2.36. The summed E-state index contributed by atoms with van der Waals surface area (Å²) in [4.78, 5) is 9.44. The highest BCUT2D eigenvalue weighted by Gasteiger charge is 2.18. The van der Waals surface area contributed by atoms with E-state index < -0.39 is 0 Å². The summed E-state index contributed by atoms with van der Waals surface area (Å²) in [7, 11) is 1.95. The van der Waals surface area contributed by atoms with Crippen LogP contribution in [0.3, 0.4) is 0 Å². The highest BCUT2D eigenvalue weighted by molar-refractivity contribution is 5.48. The first-order valence-corrected chi connectivity index (χ1v) is 9.17. The van der Waals surface area contributed by atoms with Gasteiger partial charge in [-0.15, -0.1) is 0 Å². The molecule has 1 atom stereocenters. The number of hydrogen-bond acceptors (Lipinski definition) is 6. The number of aryl methyl sites for hydroxylation is 1. The smallest absolute Gasteiger partial charge is 0.227 e. The van der Waals surface area contributed by atoms with Crippen molar-refractivity contribution in [3.8, 4) is 0 Å². The van der Waals surface area contributed by atoms with Gasteiger partial charge in [0.05, 0.1) is 0 Å². The van der Waals surface area contributed by atoms with Gasteiger partial charge in [0, 0.05) is 57.3 Å². The number of aromatic nitrogens is 2. The molecular weight excluding hydrogens is 314 g/mol. The standard InChI is InChI=1S/C19H29N5O/c1-15-5-4-6-17(13-15)24-11-9-23(10-12-24)8-7-19-21-18(22-25-19)14-16(2)20-3/h4-6,13,16,20H,7-12,14H2,1-3H3. The monoisotopic (exact) mass is 343 g/mol. The fraction of sp³-hybridized carbons (Fsp3) is 0.579. The van der Waals surface area contributed by atoms with Gasteiger partial charge in [-0.3, -0.25) is 4.90 Å². The largest absolute Gasteiger partial charge is 0.369 e. The molecule has 25 heavy (non-hydrogen) atoms. The van der Waals surface area contributed by atoms with Crippen molar-refractivity contribution in [1.29, 1.82) is 0 Å². The number of nitrogens with zero attached hydrogens (tertiary/aromatic N) is 4. The van der Waals surface area contributed by atoms with Crippen LogP contribution in [0.15, 0.2) is 28.8 Å². The lowest BCUT2D eigenvalue weighted by Crippen LogP contribution is -2.47. The molecule has 0 bridgehead atoms. The van der Waals surface area contributed by atoms with Crippen LogP contribution in [0, 0.1) is 6.92 Å². The Labute approximate surface area is 150 Å². The van der Waals surface area contributed by atoms with Crippen LogP contribution >= 0.6 is 0 Å². The summed E-state index contributed by atoms with van der Waals surface area (Å²) in [5, 5.41) is 7.27. The molecule has 3 rings (SSSR count). The normalized spacial score (nSPS) is 17.0. The van der Waals surface area contributed by atoms with E-state index in [0.717, 1.165) is 57.3 Å². The molecule has 1 aromatic carbocycles. The summed E-state index contributed by atoms with van der Waals surface area (Å²) in [6.45, 7) is 9.53. The molecule has 2 aromatic rings. The summed E-state index contributed by atoms with van der Waals surface area (Å²) in [5.41, 5.74) is 2.65. The molecule has 1 saturated heterocycles. The number of rotatable bonds is 7. The Morgan fingerprint density at radius 2 is 2.04 bits per heavy atom. The van der Waals surface area contributed by atoms with E-state index in [-0.39, 0.29) is 0 Å². The predicted molar refractivity (Wildman–Crippen MR) is 100 cm³/mol. The van der Waals surface area contributed by atoms with Gasteiger partial charge in [0.1, 0.15) is 0 Å². The van der Waals surface area contributed by atoms with Crippen LogP contribution in [-0.2, 0) is 12.8 Å². The third-order valence-electron chi connectivity index (χ3n) is 4.87. The third kappa shape index (κ3) is 5.03. The Morgan fingerprint density at radius 3 is 2.76 bits per heavy atom. The van der Waals surface area contributed by atoms with E-state index in [1.165, 1.54) is 11.3 Å². The second-order valence-corrected chi connectivity index (χ2v) is 6.92. The number of hydrogen-bond donors (Lipinski definition) is 1. The predicted octanol–water partition coefficient (Wildman–Crippen LogP) is 1.89. The maximum atomic E-state index is 5.38. The van der Waals surface area contributed by atoms with Gasteiger partial charge in [-0.25, -0.2) is 0 Å². The summed E-state index contributed by atoms with van der Waals surface area (Å²) in [5.74, 6) is 1.54. The molecule has 1 N–H and O–H groups in total. The fourth-order valence-corrected chi connectivity index (χ4v) is 3.16. The zero-order chi connectivity index (χ0) is 17.6. The molecule has 0 spiro atoms. The lowest BCUT2D eigenvalue weighted by atomic mass is 10.2. The summed E-state index contributed by atoms with van der Waals surface area (Å²) in [6, 6.07) is 9.12. The highest BCUT2D eigenvalue weighted by Crippen LogP contribution is 2.17. The van der Waals surface area contributed by atoms with E-state index in [4.69, 9.17) is 4.52 Å². The van der Waals surface area contributed by atoms with Crippen molar-refractivity contribution >= 4 is 5.69 Å². The SMILES string of the molecule is CNC(C)Cc1noc(CCN2CCN(c3cccc(C)c3)CC2)n1. The number of anilines is 1. The van der Waals surface area contributed by atoms with Crippen molar-refractivity contribution in [2.24, 2.45) is 0 Å². The van der Waals surface area contributed by atoms with Crippen LogP contribution in [0.2, 0.25) is 0 Å². The minimum Gasteiger partial charge on any atom is -0.369 e. The molecule has 1 fully saturated rings. The molecule has 1 aliphatic heterocycles. The van der Waals surface area contributed by atoms with Crippen molar-refractivity contribution < 1.29 is 4.52 Å². The lowest BCUT2D eigenvalue weighted by molar-refractivity contribution is 0.249. The van der Waals surface area contributed by atoms with Crippen LogP contribution in [0.5, 0.6) is 0 Å². The van der Waals surface area contributed by atoms with Crippen LogP contribution < -0.4 is 10.2 Å². The van der Waals surface area contributed by atoms with E-state index in [1.807, 2.05) is 7.05 Å². The van der Waals surface area contributed by atoms with Gasteiger partial charge < -0.3 is 14.7 Å². The van der Waals surface area contributed by atoms with Crippen molar-refractivity contribution in [2.45, 2.75) is 32.7 Å². The quantitative estimate of drug-likeness (QED) is 0.829. The van der Waals surface area contributed by atoms with Crippen molar-refractivity contribution in [2.75, 3.05) is 44.7 Å². The molecule has 0 radical (unpaired) electrons. The molecular formula is C19H29N5O.